The fourth-order valence-corrected chi connectivity index (χ4v) is 2.54. The quantitative estimate of drug-likeness (QED) is 0.870. The molecule has 0 atom stereocenters. The summed E-state index contributed by atoms with van der Waals surface area (Å²) in [6.45, 7) is 0. The lowest BCUT2D eigenvalue weighted by atomic mass is 10.5. The Labute approximate surface area is 82.4 Å². The van der Waals surface area contributed by atoms with E-state index in [2.05, 4.69) is 20.3 Å². The highest BCUT2D eigenvalue weighted by molar-refractivity contribution is 9.10. The summed E-state index contributed by atoms with van der Waals surface area (Å²) in [7, 11) is -3.52. The largest absolute Gasteiger partial charge is 0.475 e. The van der Waals surface area contributed by atoms with Gasteiger partial charge in [0.15, 0.2) is 0 Å². The molecule has 0 saturated carbocycles. The molecule has 0 unspecified atom stereocenters. The van der Waals surface area contributed by atoms with Gasteiger partial charge in [0.2, 0.25) is 20.7 Å². The highest BCUT2D eigenvalue weighted by atomic mass is 79.9. The van der Waals surface area contributed by atoms with Crippen molar-refractivity contribution in [2.45, 2.75) is 5.09 Å². The van der Waals surface area contributed by atoms with Gasteiger partial charge in [0.05, 0.1) is 4.47 Å². The first-order chi connectivity index (χ1) is 5.82. The summed E-state index contributed by atoms with van der Waals surface area (Å²) >= 11 is 2.88. The molecule has 0 aromatic carbocycles. The zero-order valence-corrected chi connectivity index (χ0v) is 8.85. The molecule has 1 rings (SSSR count). The number of carbonyl (C=O) groups is 1. The van der Waals surface area contributed by atoms with Gasteiger partial charge >= 0.3 is 5.97 Å². The van der Waals surface area contributed by atoms with Crippen LogP contribution < -0.4 is 0 Å². The molecule has 0 aliphatic rings. The van der Waals surface area contributed by atoms with Gasteiger partial charge in [-0.25, -0.2) is 13.2 Å². The van der Waals surface area contributed by atoms with Crippen LogP contribution in [0.4, 0.5) is 0 Å². The number of carboxylic acids is 1. The van der Waals surface area contributed by atoms with Crippen LogP contribution in [-0.4, -0.2) is 25.7 Å². The van der Waals surface area contributed by atoms with Crippen LogP contribution in [0.15, 0.2) is 20.0 Å². The zero-order valence-electron chi connectivity index (χ0n) is 6.44. The second-order valence-electron chi connectivity index (χ2n) is 2.32. The van der Waals surface area contributed by atoms with E-state index in [0.717, 1.165) is 12.3 Å². The SMILES string of the molecule is CS(=O)(=O)c1oc(C(=O)O)cc1Br. The van der Waals surface area contributed by atoms with Crippen molar-refractivity contribution in [2.75, 3.05) is 6.26 Å². The number of hydrogen-bond donors (Lipinski definition) is 1. The Bertz CT molecular complexity index is 444. The molecule has 0 amide bonds. The lowest BCUT2D eigenvalue weighted by Gasteiger charge is -1.91. The predicted molar refractivity (Wildman–Crippen MR) is 46.5 cm³/mol. The van der Waals surface area contributed by atoms with Crippen molar-refractivity contribution in [2.24, 2.45) is 0 Å². The van der Waals surface area contributed by atoms with Crippen LogP contribution >= 0.6 is 15.9 Å². The van der Waals surface area contributed by atoms with E-state index < -0.39 is 21.6 Å². The van der Waals surface area contributed by atoms with Gasteiger partial charge in [-0.05, 0) is 15.9 Å². The summed E-state index contributed by atoms with van der Waals surface area (Å²) in [5.41, 5.74) is 0. The molecule has 1 aromatic rings. The summed E-state index contributed by atoms with van der Waals surface area (Å²) in [5, 5.41) is 8.11. The first-order valence-electron chi connectivity index (χ1n) is 3.05. The Morgan fingerprint density at radius 3 is 2.38 bits per heavy atom. The number of furan rings is 1. The summed E-state index contributed by atoms with van der Waals surface area (Å²) in [6, 6.07) is 1.10. The van der Waals surface area contributed by atoms with Crippen LogP contribution in [0.5, 0.6) is 0 Å². The molecule has 0 aliphatic carbocycles. The number of hydrogen-bond acceptors (Lipinski definition) is 4. The van der Waals surface area contributed by atoms with Gasteiger partial charge in [0.25, 0.3) is 0 Å². The van der Waals surface area contributed by atoms with Crippen molar-refractivity contribution >= 4 is 31.7 Å². The van der Waals surface area contributed by atoms with Crippen molar-refractivity contribution in [1.82, 2.24) is 0 Å². The third-order valence-electron chi connectivity index (χ3n) is 1.20. The molecule has 13 heavy (non-hydrogen) atoms. The molecule has 1 heterocycles. The van der Waals surface area contributed by atoms with E-state index in [9.17, 15) is 13.2 Å². The van der Waals surface area contributed by atoms with Gasteiger partial charge in [-0.1, -0.05) is 0 Å². The molecule has 72 valence electrons. The Hall–Kier alpha value is -0.820. The van der Waals surface area contributed by atoms with Crippen molar-refractivity contribution < 1.29 is 22.7 Å². The maximum absolute atomic E-state index is 11.0. The molecule has 0 bridgehead atoms. The van der Waals surface area contributed by atoms with Gasteiger partial charge in [-0.15, -0.1) is 0 Å². The Morgan fingerprint density at radius 2 is 2.15 bits per heavy atom. The Morgan fingerprint density at radius 1 is 1.62 bits per heavy atom. The van der Waals surface area contributed by atoms with Crippen molar-refractivity contribution in [3.8, 4) is 0 Å². The smallest absolute Gasteiger partial charge is 0.371 e. The third-order valence-corrected chi connectivity index (χ3v) is 3.03. The molecule has 0 spiro atoms. The molecular weight excluding hydrogens is 264 g/mol. The number of carboxylic acid groups (broad SMARTS) is 1. The summed E-state index contributed by atoms with van der Waals surface area (Å²) in [6.07, 6.45) is 0.933. The molecule has 0 radical (unpaired) electrons. The zero-order chi connectivity index (χ0) is 10.2. The summed E-state index contributed by atoms with van der Waals surface area (Å²) in [4.78, 5) is 10.4. The lowest BCUT2D eigenvalue weighted by Crippen LogP contribution is -1.96. The van der Waals surface area contributed by atoms with Crippen LogP contribution in [0.2, 0.25) is 0 Å². The predicted octanol–water partition coefficient (Wildman–Crippen LogP) is 1.14. The van der Waals surface area contributed by atoms with Gasteiger partial charge in [0.1, 0.15) is 0 Å². The third kappa shape index (κ3) is 2.10. The highest BCUT2D eigenvalue weighted by Crippen LogP contribution is 2.25. The van der Waals surface area contributed by atoms with E-state index >= 15 is 0 Å². The molecule has 5 nitrogen and oxygen atoms in total. The van der Waals surface area contributed by atoms with Crippen LogP contribution in [-0.2, 0) is 9.84 Å². The van der Waals surface area contributed by atoms with Crippen LogP contribution in [0.1, 0.15) is 10.6 Å². The van der Waals surface area contributed by atoms with E-state index in [-0.39, 0.29) is 9.56 Å². The average Bonchev–Trinajstić information content (AvgIpc) is 2.29. The number of aromatic carboxylic acids is 1. The number of halogens is 1. The Kier molecular flexibility index (Phi) is 2.49. The number of sulfone groups is 1. The maximum atomic E-state index is 11.0. The minimum Gasteiger partial charge on any atom is -0.475 e. The van der Waals surface area contributed by atoms with Crippen LogP contribution in [0.25, 0.3) is 0 Å². The topological polar surface area (TPSA) is 84.6 Å². The van der Waals surface area contributed by atoms with Crippen LogP contribution in [0.3, 0.4) is 0 Å². The highest BCUT2D eigenvalue weighted by Gasteiger charge is 2.21. The standard InChI is InChI=1S/C6H5BrO5S/c1-13(10,11)6-3(7)2-4(12-6)5(8)9/h2H,1H3,(H,8,9). The van der Waals surface area contributed by atoms with Gasteiger partial charge in [-0.2, -0.15) is 0 Å². The molecule has 7 heteroatoms. The minimum absolute atomic E-state index is 0.118. The molecule has 1 aromatic heterocycles. The van der Waals surface area contributed by atoms with E-state index in [4.69, 9.17) is 5.11 Å². The number of rotatable bonds is 2. The molecular formula is C6H5BrO5S. The fraction of sp³-hybridized carbons (Fsp3) is 0.167. The first-order valence-corrected chi connectivity index (χ1v) is 5.73. The van der Waals surface area contributed by atoms with Gasteiger partial charge in [0, 0.05) is 12.3 Å². The maximum Gasteiger partial charge on any atom is 0.371 e. The average molecular weight is 269 g/mol. The first kappa shape index (κ1) is 10.3. The van der Waals surface area contributed by atoms with E-state index in [1.54, 1.807) is 0 Å². The minimum atomic E-state index is -3.52. The Balaban J connectivity index is 3.35. The van der Waals surface area contributed by atoms with E-state index in [0.29, 0.717) is 0 Å². The molecule has 0 aliphatic heterocycles. The van der Waals surface area contributed by atoms with E-state index in [1.165, 1.54) is 0 Å². The monoisotopic (exact) mass is 268 g/mol. The normalized spacial score (nSPS) is 11.5. The molecule has 0 fully saturated rings. The molecule has 0 saturated heterocycles. The fourth-order valence-electron chi connectivity index (χ4n) is 0.710. The van der Waals surface area contributed by atoms with Crippen molar-refractivity contribution in [3.05, 3.63) is 16.3 Å². The van der Waals surface area contributed by atoms with Gasteiger partial charge in [-0.3, -0.25) is 0 Å². The van der Waals surface area contributed by atoms with Crippen molar-refractivity contribution in [1.29, 1.82) is 0 Å². The van der Waals surface area contributed by atoms with Crippen LogP contribution in [0, 0.1) is 0 Å². The van der Waals surface area contributed by atoms with Crippen molar-refractivity contribution in [3.63, 3.8) is 0 Å². The van der Waals surface area contributed by atoms with Gasteiger partial charge < -0.3 is 9.52 Å². The second-order valence-corrected chi connectivity index (χ2v) is 5.09. The summed E-state index contributed by atoms with van der Waals surface area (Å²) in [5.74, 6) is -1.72. The molecule has 1 N–H and O–H groups in total. The summed E-state index contributed by atoms with van der Waals surface area (Å²) < 4.78 is 26.7. The second kappa shape index (κ2) is 3.15. The lowest BCUT2D eigenvalue weighted by molar-refractivity contribution is 0.0656. The van der Waals surface area contributed by atoms with E-state index in [1.807, 2.05) is 0 Å².